The second-order valence-electron chi connectivity index (χ2n) is 5.31. The number of allylic oxidation sites excluding steroid dienone is 1. The van der Waals surface area contributed by atoms with Gasteiger partial charge in [-0.15, -0.1) is 0 Å². The van der Waals surface area contributed by atoms with Gasteiger partial charge < -0.3 is 9.47 Å². The fourth-order valence-electron chi connectivity index (χ4n) is 2.70. The van der Waals surface area contributed by atoms with Crippen LogP contribution < -0.4 is 4.74 Å². The van der Waals surface area contributed by atoms with Crippen molar-refractivity contribution in [3.05, 3.63) is 69.2 Å². The third kappa shape index (κ3) is 2.91. The van der Waals surface area contributed by atoms with Gasteiger partial charge in [0.25, 0.3) is 0 Å². The van der Waals surface area contributed by atoms with E-state index in [2.05, 4.69) is 28.9 Å². The Bertz CT molecular complexity index is 780. The van der Waals surface area contributed by atoms with E-state index in [1.54, 1.807) is 13.2 Å². The molecule has 1 aliphatic rings. The molecule has 2 aromatic carbocycles. The van der Waals surface area contributed by atoms with E-state index in [0.29, 0.717) is 5.56 Å². The average Bonchev–Trinajstić information content (AvgIpc) is 2.91. The summed E-state index contributed by atoms with van der Waals surface area (Å²) in [6.07, 6.45) is 4.67. The molecule has 0 radical (unpaired) electrons. The number of hydrogen-bond donors (Lipinski definition) is 0. The van der Waals surface area contributed by atoms with Crippen LogP contribution in [-0.4, -0.2) is 13.1 Å². The van der Waals surface area contributed by atoms with Crippen molar-refractivity contribution in [1.82, 2.24) is 0 Å². The predicted molar refractivity (Wildman–Crippen MR) is 93.7 cm³/mol. The maximum Gasteiger partial charge on any atom is 0.339 e. The highest BCUT2D eigenvalue weighted by Gasteiger charge is 2.32. The molecule has 1 unspecified atom stereocenters. The first-order valence-electron chi connectivity index (χ1n) is 7.49. The number of esters is 1. The number of cyclic esters (lactones) is 1. The summed E-state index contributed by atoms with van der Waals surface area (Å²) in [4.78, 5) is 12.1. The molecule has 1 heterocycles. The summed E-state index contributed by atoms with van der Waals surface area (Å²) in [5, 5.41) is 0. The molecule has 0 aliphatic carbocycles. The Morgan fingerprint density at radius 1 is 1.30 bits per heavy atom. The van der Waals surface area contributed by atoms with Gasteiger partial charge in [-0.1, -0.05) is 37.3 Å². The molecule has 3 rings (SSSR count). The van der Waals surface area contributed by atoms with Crippen LogP contribution in [0.25, 0.3) is 6.08 Å². The maximum absolute atomic E-state index is 12.1. The highest BCUT2D eigenvalue weighted by atomic mass is 79.9. The Balaban J connectivity index is 2.10. The van der Waals surface area contributed by atoms with Crippen LogP contribution >= 0.6 is 15.9 Å². The fraction of sp³-hybridized carbons (Fsp3) is 0.211. The lowest BCUT2D eigenvalue weighted by Gasteiger charge is -2.15. The van der Waals surface area contributed by atoms with E-state index < -0.39 is 6.10 Å². The minimum absolute atomic E-state index is 0.280. The first-order chi connectivity index (χ1) is 11.2. The molecule has 0 aromatic heterocycles. The molecule has 0 spiro atoms. The summed E-state index contributed by atoms with van der Waals surface area (Å²) >= 11 is 3.57. The van der Waals surface area contributed by atoms with Gasteiger partial charge in [-0.3, -0.25) is 0 Å². The van der Waals surface area contributed by atoms with E-state index >= 15 is 0 Å². The Labute approximate surface area is 144 Å². The van der Waals surface area contributed by atoms with Crippen LogP contribution in [0.2, 0.25) is 0 Å². The van der Waals surface area contributed by atoms with Gasteiger partial charge in [-0.25, -0.2) is 4.79 Å². The average molecular weight is 373 g/mol. The number of fused-ring (bicyclic) bond motifs is 1. The molecule has 0 saturated carbocycles. The molecule has 1 aliphatic heterocycles. The molecule has 0 amide bonds. The molecule has 3 nitrogen and oxygen atoms in total. The summed E-state index contributed by atoms with van der Waals surface area (Å²) in [5.74, 6) is 0.441. The van der Waals surface area contributed by atoms with Crippen LogP contribution in [0, 0.1) is 0 Å². The largest absolute Gasteiger partial charge is 0.496 e. The normalized spacial score (nSPS) is 16.5. The number of rotatable bonds is 4. The zero-order chi connectivity index (χ0) is 16.4. The van der Waals surface area contributed by atoms with Crippen molar-refractivity contribution in [3.8, 4) is 5.75 Å². The lowest BCUT2D eigenvalue weighted by molar-refractivity contribution is 0.0455. The number of ether oxygens (including phenoxy) is 2. The lowest BCUT2D eigenvalue weighted by atomic mass is 9.97. The fourth-order valence-corrected chi connectivity index (χ4v) is 3.22. The van der Waals surface area contributed by atoms with Crippen LogP contribution in [0.1, 0.15) is 46.5 Å². The van der Waals surface area contributed by atoms with Crippen LogP contribution in [0.5, 0.6) is 5.75 Å². The molecule has 1 atom stereocenters. The topological polar surface area (TPSA) is 35.5 Å². The van der Waals surface area contributed by atoms with Gasteiger partial charge in [-0.2, -0.15) is 0 Å². The smallest absolute Gasteiger partial charge is 0.339 e. The van der Waals surface area contributed by atoms with Crippen molar-refractivity contribution < 1.29 is 14.3 Å². The first-order valence-corrected chi connectivity index (χ1v) is 8.29. The Hall–Kier alpha value is -2.07. The number of halogens is 1. The van der Waals surface area contributed by atoms with Crippen molar-refractivity contribution in [2.24, 2.45) is 0 Å². The second-order valence-corrected chi connectivity index (χ2v) is 6.10. The lowest BCUT2D eigenvalue weighted by Crippen LogP contribution is -2.02. The van der Waals surface area contributed by atoms with Crippen LogP contribution in [0.3, 0.4) is 0 Å². The van der Waals surface area contributed by atoms with Crippen LogP contribution in [0.4, 0.5) is 0 Å². The molecule has 2 aromatic rings. The summed E-state index contributed by atoms with van der Waals surface area (Å²) < 4.78 is 11.9. The van der Waals surface area contributed by atoms with Crippen molar-refractivity contribution in [3.63, 3.8) is 0 Å². The van der Waals surface area contributed by atoms with Gasteiger partial charge in [0.05, 0.1) is 17.1 Å². The van der Waals surface area contributed by atoms with E-state index in [1.165, 1.54) is 0 Å². The third-order valence-corrected chi connectivity index (χ3v) is 4.68. The van der Waals surface area contributed by atoms with E-state index in [0.717, 1.165) is 33.3 Å². The number of carbonyl (C=O) groups is 1. The summed E-state index contributed by atoms with van der Waals surface area (Å²) in [7, 11) is 1.63. The van der Waals surface area contributed by atoms with E-state index in [4.69, 9.17) is 9.47 Å². The van der Waals surface area contributed by atoms with Gasteiger partial charge in [-0.05, 0) is 46.1 Å². The van der Waals surface area contributed by atoms with Gasteiger partial charge in [0.2, 0.25) is 0 Å². The molecule has 0 N–H and O–H groups in total. The zero-order valence-corrected chi connectivity index (χ0v) is 14.6. The Morgan fingerprint density at radius 3 is 2.83 bits per heavy atom. The number of carbonyl (C=O) groups excluding carboxylic acids is 1. The van der Waals surface area contributed by atoms with Crippen molar-refractivity contribution in [2.45, 2.75) is 19.4 Å². The minimum atomic E-state index is -0.394. The van der Waals surface area contributed by atoms with Crippen molar-refractivity contribution in [1.29, 1.82) is 0 Å². The number of methoxy groups -OCH3 is 1. The molecular formula is C19H17BrO3. The zero-order valence-electron chi connectivity index (χ0n) is 13.0. The number of hydrogen-bond acceptors (Lipinski definition) is 3. The van der Waals surface area contributed by atoms with Gasteiger partial charge >= 0.3 is 5.97 Å². The van der Waals surface area contributed by atoms with Crippen molar-refractivity contribution in [2.75, 3.05) is 7.11 Å². The highest BCUT2D eigenvalue weighted by Crippen LogP contribution is 2.40. The quantitative estimate of drug-likeness (QED) is 0.696. The molecule has 0 saturated heterocycles. The van der Waals surface area contributed by atoms with E-state index in [9.17, 15) is 4.79 Å². The molecular weight excluding hydrogens is 356 g/mol. The van der Waals surface area contributed by atoms with Crippen molar-refractivity contribution >= 4 is 28.0 Å². The van der Waals surface area contributed by atoms with Gasteiger partial charge in [0.15, 0.2) is 6.10 Å². The predicted octanol–water partition coefficient (Wildman–Crippen LogP) is 5.14. The highest BCUT2D eigenvalue weighted by molar-refractivity contribution is 9.10. The second kappa shape index (κ2) is 6.59. The number of benzene rings is 2. The molecule has 118 valence electrons. The summed E-state index contributed by atoms with van der Waals surface area (Å²) in [6, 6.07) is 11.4. The van der Waals surface area contributed by atoms with Gasteiger partial charge in [0.1, 0.15) is 5.75 Å². The van der Waals surface area contributed by atoms with Crippen LogP contribution in [-0.2, 0) is 4.74 Å². The van der Waals surface area contributed by atoms with E-state index in [-0.39, 0.29) is 5.97 Å². The van der Waals surface area contributed by atoms with Gasteiger partial charge in [0, 0.05) is 11.1 Å². The maximum atomic E-state index is 12.1. The minimum Gasteiger partial charge on any atom is -0.496 e. The third-order valence-electron chi connectivity index (χ3n) is 3.83. The molecule has 0 bridgehead atoms. The summed E-state index contributed by atoms with van der Waals surface area (Å²) in [6.45, 7) is 2.08. The Morgan fingerprint density at radius 2 is 2.09 bits per heavy atom. The first kappa shape index (κ1) is 15.8. The van der Waals surface area contributed by atoms with E-state index in [1.807, 2.05) is 36.4 Å². The molecule has 4 heteroatoms. The summed E-state index contributed by atoms with van der Waals surface area (Å²) in [5.41, 5.74) is 3.43. The molecule has 0 fully saturated rings. The SMILES string of the molecule is CC/C=C\c1cc(C2OC(=O)c3ccccc32)cc(OC)c1Br. The monoisotopic (exact) mass is 372 g/mol. The standard InChI is InChI=1S/C19H17BrO3/c1-3-4-7-12-10-13(11-16(22-2)17(12)20)18-14-8-5-6-9-15(14)19(21)23-18/h4-11,18H,3H2,1-2H3/b7-4-. The Kier molecular flexibility index (Phi) is 4.53. The molecule has 23 heavy (non-hydrogen) atoms. The van der Waals surface area contributed by atoms with Crippen LogP contribution in [0.15, 0.2) is 46.9 Å².